The molecule has 2 heterocycles. The van der Waals surface area contributed by atoms with E-state index in [1.165, 1.54) is 6.42 Å². The van der Waals surface area contributed by atoms with Gasteiger partial charge in [-0.25, -0.2) is 0 Å². The van der Waals surface area contributed by atoms with Crippen LogP contribution in [0.5, 0.6) is 0 Å². The van der Waals surface area contributed by atoms with Crippen molar-refractivity contribution in [3.8, 4) is 0 Å². The van der Waals surface area contributed by atoms with Gasteiger partial charge in [-0.2, -0.15) is 0 Å². The van der Waals surface area contributed by atoms with Crippen LogP contribution in [-0.2, 0) is 5.60 Å². The predicted molar refractivity (Wildman–Crippen MR) is 69.2 cm³/mol. The lowest BCUT2D eigenvalue weighted by Gasteiger charge is -2.27. The lowest BCUT2D eigenvalue weighted by Crippen LogP contribution is -2.35. The SMILES string of the molecule is CC(C)(O)c1cc(C(=O)N2CCCCC2)ccn1. The summed E-state index contributed by atoms with van der Waals surface area (Å²) in [6, 6.07) is 3.41. The molecule has 1 N–H and O–H groups in total. The van der Waals surface area contributed by atoms with Crippen molar-refractivity contribution in [2.75, 3.05) is 13.1 Å². The van der Waals surface area contributed by atoms with Crippen molar-refractivity contribution in [1.29, 1.82) is 0 Å². The normalized spacial score (nSPS) is 16.7. The first-order valence-corrected chi connectivity index (χ1v) is 6.46. The smallest absolute Gasteiger partial charge is 0.253 e. The first kappa shape index (κ1) is 13.0. The number of carbonyl (C=O) groups excluding carboxylic acids is 1. The fourth-order valence-corrected chi connectivity index (χ4v) is 2.18. The number of aromatic nitrogens is 1. The van der Waals surface area contributed by atoms with Crippen molar-refractivity contribution in [2.24, 2.45) is 0 Å². The molecule has 1 fully saturated rings. The summed E-state index contributed by atoms with van der Waals surface area (Å²) < 4.78 is 0. The number of piperidine rings is 1. The van der Waals surface area contributed by atoms with Crippen LogP contribution >= 0.6 is 0 Å². The molecule has 1 aromatic heterocycles. The second-order valence-corrected chi connectivity index (χ2v) is 5.34. The van der Waals surface area contributed by atoms with Crippen LogP contribution in [0.25, 0.3) is 0 Å². The van der Waals surface area contributed by atoms with Crippen LogP contribution in [0.4, 0.5) is 0 Å². The van der Waals surface area contributed by atoms with Gasteiger partial charge in [0.2, 0.25) is 0 Å². The van der Waals surface area contributed by atoms with E-state index in [4.69, 9.17) is 0 Å². The van der Waals surface area contributed by atoms with E-state index >= 15 is 0 Å². The Hall–Kier alpha value is -1.42. The number of likely N-dealkylation sites (tertiary alicyclic amines) is 1. The van der Waals surface area contributed by atoms with Crippen molar-refractivity contribution in [1.82, 2.24) is 9.88 Å². The maximum absolute atomic E-state index is 12.3. The van der Waals surface area contributed by atoms with Gasteiger partial charge in [0.1, 0.15) is 5.60 Å². The zero-order valence-corrected chi connectivity index (χ0v) is 11.0. The Kier molecular flexibility index (Phi) is 3.66. The molecule has 4 nitrogen and oxygen atoms in total. The van der Waals surface area contributed by atoms with Gasteiger partial charge in [0.25, 0.3) is 5.91 Å². The third-order valence-corrected chi connectivity index (χ3v) is 3.28. The maximum atomic E-state index is 12.3. The minimum Gasteiger partial charge on any atom is -0.384 e. The standard InChI is InChI=1S/C14H20N2O2/c1-14(2,18)12-10-11(6-7-15-12)13(17)16-8-4-3-5-9-16/h6-7,10,18H,3-5,8-9H2,1-2H3. The second kappa shape index (κ2) is 5.06. The lowest BCUT2D eigenvalue weighted by molar-refractivity contribution is 0.0708. The van der Waals surface area contributed by atoms with Crippen LogP contribution in [0.3, 0.4) is 0 Å². The molecule has 98 valence electrons. The molecule has 0 radical (unpaired) electrons. The Balaban J connectivity index is 2.20. The number of pyridine rings is 1. The number of nitrogens with zero attached hydrogens (tertiary/aromatic N) is 2. The Morgan fingerprint density at radius 2 is 2.00 bits per heavy atom. The topological polar surface area (TPSA) is 53.4 Å². The van der Waals surface area contributed by atoms with E-state index in [-0.39, 0.29) is 5.91 Å². The first-order chi connectivity index (χ1) is 8.48. The molecular weight excluding hydrogens is 228 g/mol. The summed E-state index contributed by atoms with van der Waals surface area (Å²) in [5, 5.41) is 9.92. The van der Waals surface area contributed by atoms with Gasteiger partial charge < -0.3 is 10.0 Å². The fourth-order valence-electron chi connectivity index (χ4n) is 2.18. The lowest BCUT2D eigenvalue weighted by atomic mass is 10.0. The van der Waals surface area contributed by atoms with Crippen molar-refractivity contribution in [2.45, 2.75) is 38.7 Å². The van der Waals surface area contributed by atoms with Crippen LogP contribution in [0.15, 0.2) is 18.3 Å². The van der Waals surface area contributed by atoms with Gasteiger partial charge in [-0.15, -0.1) is 0 Å². The molecule has 2 rings (SSSR count). The zero-order chi connectivity index (χ0) is 13.2. The van der Waals surface area contributed by atoms with E-state index in [1.54, 1.807) is 32.2 Å². The third kappa shape index (κ3) is 2.88. The highest BCUT2D eigenvalue weighted by Gasteiger charge is 2.22. The highest BCUT2D eigenvalue weighted by Crippen LogP contribution is 2.19. The number of amides is 1. The minimum absolute atomic E-state index is 0.0441. The van der Waals surface area contributed by atoms with E-state index < -0.39 is 5.60 Å². The Morgan fingerprint density at radius 3 is 2.61 bits per heavy atom. The highest BCUT2D eigenvalue weighted by atomic mass is 16.3. The minimum atomic E-state index is -1.02. The Labute approximate surface area is 108 Å². The predicted octanol–water partition coefficient (Wildman–Crippen LogP) is 1.94. The first-order valence-electron chi connectivity index (χ1n) is 6.46. The number of rotatable bonds is 2. The molecule has 0 aliphatic carbocycles. The molecule has 0 atom stereocenters. The summed E-state index contributed by atoms with van der Waals surface area (Å²) in [6.45, 7) is 5.01. The summed E-state index contributed by atoms with van der Waals surface area (Å²) in [7, 11) is 0. The van der Waals surface area contributed by atoms with Gasteiger partial charge in [-0.05, 0) is 45.2 Å². The molecule has 1 amide bonds. The van der Waals surface area contributed by atoms with Crippen LogP contribution < -0.4 is 0 Å². The van der Waals surface area contributed by atoms with Crippen molar-refractivity contribution in [3.05, 3.63) is 29.6 Å². The molecule has 4 heteroatoms. The number of hydrogen-bond donors (Lipinski definition) is 1. The average molecular weight is 248 g/mol. The summed E-state index contributed by atoms with van der Waals surface area (Å²) in [4.78, 5) is 18.3. The van der Waals surface area contributed by atoms with Gasteiger partial charge in [-0.3, -0.25) is 9.78 Å². The maximum Gasteiger partial charge on any atom is 0.253 e. The average Bonchev–Trinajstić information content (AvgIpc) is 2.38. The largest absolute Gasteiger partial charge is 0.384 e. The molecule has 1 aliphatic rings. The molecule has 0 aromatic carbocycles. The second-order valence-electron chi connectivity index (χ2n) is 5.34. The van der Waals surface area contributed by atoms with Crippen molar-refractivity contribution < 1.29 is 9.90 Å². The summed E-state index contributed by atoms with van der Waals surface area (Å²) in [5.41, 5.74) is 0.132. The van der Waals surface area contributed by atoms with E-state index in [0.717, 1.165) is 25.9 Å². The van der Waals surface area contributed by atoms with E-state index in [0.29, 0.717) is 11.3 Å². The molecule has 18 heavy (non-hydrogen) atoms. The van der Waals surface area contributed by atoms with Crippen LogP contribution in [0, 0.1) is 0 Å². The van der Waals surface area contributed by atoms with Gasteiger partial charge in [0, 0.05) is 24.8 Å². The summed E-state index contributed by atoms with van der Waals surface area (Å²) in [6.07, 6.45) is 4.95. The van der Waals surface area contributed by atoms with Gasteiger partial charge in [0.05, 0.1) is 5.69 Å². The van der Waals surface area contributed by atoms with Crippen LogP contribution in [-0.4, -0.2) is 34.0 Å². The van der Waals surface area contributed by atoms with E-state index in [1.807, 2.05) is 4.90 Å². The molecule has 1 aliphatic heterocycles. The van der Waals surface area contributed by atoms with Crippen LogP contribution in [0.1, 0.15) is 49.2 Å². The van der Waals surface area contributed by atoms with Gasteiger partial charge in [-0.1, -0.05) is 0 Å². The van der Waals surface area contributed by atoms with E-state index in [9.17, 15) is 9.90 Å². The molecule has 0 saturated carbocycles. The van der Waals surface area contributed by atoms with Crippen molar-refractivity contribution in [3.63, 3.8) is 0 Å². The molecule has 0 unspecified atom stereocenters. The quantitative estimate of drug-likeness (QED) is 0.870. The molecule has 1 saturated heterocycles. The van der Waals surface area contributed by atoms with Crippen molar-refractivity contribution >= 4 is 5.91 Å². The van der Waals surface area contributed by atoms with Crippen LogP contribution in [0.2, 0.25) is 0 Å². The van der Waals surface area contributed by atoms with Gasteiger partial charge in [0.15, 0.2) is 0 Å². The van der Waals surface area contributed by atoms with E-state index in [2.05, 4.69) is 4.98 Å². The fraction of sp³-hybridized carbons (Fsp3) is 0.571. The summed E-state index contributed by atoms with van der Waals surface area (Å²) in [5.74, 6) is 0.0441. The molecule has 1 aromatic rings. The zero-order valence-electron chi connectivity index (χ0n) is 11.0. The third-order valence-electron chi connectivity index (χ3n) is 3.28. The molecule has 0 bridgehead atoms. The number of hydrogen-bond acceptors (Lipinski definition) is 3. The molecular formula is C14H20N2O2. The number of carbonyl (C=O) groups is 1. The Morgan fingerprint density at radius 1 is 1.33 bits per heavy atom. The highest BCUT2D eigenvalue weighted by molar-refractivity contribution is 5.94. The summed E-state index contributed by atoms with van der Waals surface area (Å²) >= 11 is 0. The monoisotopic (exact) mass is 248 g/mol. The Bertz CT molecular complexity index is 432. The molecule has 0 spiro atoms. The van der Waals surface area contributed by atoms with Gasteiger partial charge >= 0.3 is 0 Å². The number of aliphatic hydroxyl groups is 1.